The number of hydrogen-bond donors (Lipinski definition) is 7. The van der Waals surface area contributed by atoms with E-state index in [-0.39, 0.29) is 28.3 Å². The third kappa shape index (κ3) is 10.7. The van der Waals surface area contributed by atoms with Crippen LogP contribution in [0.1, 0.15) is 82.5 Å². The van der Waals surface area contributed by atoms with E-state index < -0.39 is 104 Å². The zero-order valence-electron chi connectivity index (χ0n) is 31.5. The van der Waals surface area contributed by atoms with Crippen LogP contribution in [-0.2, 0) is 20.7 Å². The van der Waals surface area contributed by atoms with Crippen molar-refractivity contribution in [2.75, 3.05) is 19.8 Å². The Balaban J connectivity index is 1.80. The summed E-state index contributed by atoms with van der Waals surface area (Å²) in [6, 6.07) is 3.67. The number of likely N-dealkylation sites (tertiary alicyclic amines) is 1. The number of nitro benzene ring substituents is 1. The number of benzene rings is 2. The topological polar surface area (TPSA) is 249 Å². The maximum Gasteiger partial charge on any atom is 0.335 e. The highest BCUT2D eigenvalue weighted by Crippen LogP contribution is 2.44. The van der Waals surface area contributed by atoms with Crippen LogP contribution >= 0.6 is 46.6 Å². The van der Waals surface area contributed by atoms with Crippen LogP contribution < -0.4 is 10.6 Å². The summed E-state index contributed by atoms with van der Waals surface area (Å²) >= 11 is 19.3. The Hall–Kier alpha value is -3.26. The summed E-state index contributed by atoms with van der Waals surface area (Å²) in [6.45, 7) is 4.38. The Labute approximate surface area is 348 Å². The number of carboxylic acid groups (broad SMARTS) is 2. The minimum absolute atomic E-state index is 0.0497. The number of nitro groups is 1. The highest BCUT2D eigenvalue weighted by Gasteiger charge is 2.51. The molecule has 0 radical (unpaired) electrons. The molecule has 2 amide bonds. The highest BCUT2D eigenvalue weighted by molar-refractivity contribution is 7.99. The molecule has 4 rings (SSSR count). The molecule has 2 saturated heterocycles. The predicted octanol–water partition coefficient (Wildman–Crippen LogP) is 3.68. The second-order valence-corrected chi connectivity index (χ2v) is 17.1. The lowest BCUT2D eigenvalue weighted by Crippen LogP contribution is -2.63. The summed E-state index contributed by atoms with van der Waals surface area (Å²) in [5, 5.41) is 71.9. The normalized spacial score (nSPS) is 26.0. The van der Waals surface area contributed by atoms with Crippen molar-refractivity contribution in [2.24, 2.45) is 5.92 Å². The molecule has 0 spiro atoms. The number of nitrogens with one attached hydrogen (secondary N) is 2. The van der Waals surface area contributed by atoms with E-state index in [4.69, 9.17) is 39.5 Å². The molecule has 0 bridgehead atoms. The summed E-state index contributed by atoms with van der Waals surface area (Å²) in [7, 11) is 1.84. The first-order valence-corrected chi connectivity index (χ1v) is 20.7. The van der Waals surface area contributed by atoms with Gasteiger partial charge in [0.25, 0.3) is 11.6 Å². The molecule has 2 aliphatic rings. The number of amides is 2. The molecule has 16 nitrogen and oxygen atoms in total. The number of rotatable bonds is 17. The van der Waals surface area contributed by atoms with E-state index >= 15 is 0 Å². The Morgan fingerprint density at radius 3 is 2.16 bits per heavy atom. The Morgan fingerprint density at radius 1 is 1.02 bits per heavy atom. The fourth-order valence-corrected chi connectivity index (χ4v) is 8.99. The van der Waals surface area contributed by atoms with Crippen molar-refractivity contribution in [1.82, 2.24) is 15.5 Å². The molecule has 2 fully saturated rings. The van der Waals surface area contributed by atoms with Gasteiger partial charge >= 0.3 is 11.9 Å². The molecule has 0 aliphatic carbocycles. The van der Waals surface area contributed by atoms with Crippen molar-refractivity contribution in [2.45, 2.75) is 104 Å². The van der Waals surface area contributed by atoms with E-state index in [0.29, 0.717) is 12.3 Å². The van der Waals surface area contributed by atoms with Crippen molar-refractivity contribution in [3.63, 3.8) is 0 Å². The molecule has 2 aliphatic heterocycles. The van der Waals surface area contributed by atoms with Gasteiger partial charge in [0.05, 0.1) is 51.8 Å². The number of carbonyl (C=O) groups excluding carboxylic acids is 2. The van der Waals surface area contributed by atoms with Gasteiger partial charge in [-0.1, -0.05) is 36.5 Å². The SMILES string of the molecule is CCCC1CC(C(=O)N[C@H](C(C)Cl)C2OC(SC)C(c3c(C(=O)O)ccc(C(=O)O)c3CC(NC(=O)C(Cl)Cl)C(O)c3ccc([N+](=O)[O-])cc3)C(O)C2O)N(C)C1. The average Bonchev–Trinajstić information content (AvgIpc) is 3.53. The summed E-state index contributed by atoms with van der Waals surface area (Å²) in [4.78, 5) is 63.0. The zero-order valence-corrected chi connectivity index (χ0v) is 34.5. The summed E-state index contributed by atoms with van der Waals surface area (Å²) < 4.78 is 6.39. The maximum absolute atomic E-state index is 13.6. The molecule has 0 aromatic heterocycles. The molecule has 2 aromatic rings. The van der Waals surface area contributed by atoms with Crippen LogP contribution in [0.25, 0.3) is 0 Å². The number of non-ortho nitro benzene ring substituents is 1. The van der Waals surface area contributed by atoms with Crippen LogP contribution in [0.5, 0.6) is 0 Å². The number of hydrogen-bond acceptors (Lipinski definition) is 12. The van der Waals surface area contributed by atoms with Gasteiger partial charge in [-0.25, -0.2) is 9.59 Å². The number of thioether (sulfide) groups is 1. The standard InChI is InChI=1S/C37H47Cl3N4O12S/c1-5-6-17-13-24(43(3)15-17)33(48)42-27(16(2)38)31-30(47)29(46)26(37(56-31)57-4)25-21(36(52)53)12-11-20(35(50)51)22(25)14-23(41-34(49)32(39)40)28(45)18-7-9-19(10-8-18)44(54)55/h7-12,16-17,23-24,26-32,37,45-47H,5-6,13-15H2,1-4H3,(H,41,49)(H,42,48)(H,50,51)(H,52,53)/t16?,17?,23?,24?,26?,27-,28?,29?,30?,31?,37?/m1/s1. The lowest BCUT2D eigenvalue weighted by atomic mass is 9.77. The van der Waals surface area contributed by atoms with E-state index in [1.165, 1.54) is 12.1 Å². The third-order valence-electron chi connectivity index (χ3n) is 10.6. The van der Waals surface area contributed by atoms with Crippen molar-refractivity contribution in [3.05, 3.63) is 74.3 Å². The zero-order chi connectivity index (χ0) is 42.5. The first-order chi connectivity index (χ1) is 26.8. The molecular formula is C37H47Cl3N4O12S. The second-order valence-electron chi connectivity index (χ2n) is 14.3. The van der Waals surface area contributed by atoms with Gasteiger partial charge in [0.1, 0.15) is 17.6 Å². The van der Waals surface area contributed by atoms with Gasteiger partial charge in [0, 0.05) is 24.6 Å². The average molecular weight is 878 g/mol. The van der Waals surface area contributed by atoms with Crippen LogP contribution in [0.4, 0.5) is 5.69 Å². The fourth-order valence-electron chi connectivity index (χ4n) is 7.83. The van der Waals surface area contributed by atoms with Crippen molar-refractivity contribution in [1.29, 1.82) is 0 Å². The monoisotopic (exact) mass is 876 g/mol. The molecule has 2 heterocycles. The maximum atomic E-state index is 13.6. The molecular weight excluding hydrogens is 831 g/mol. The van der Waals surface area contributed by atoms with Crippen molar-refractivity contribution >= 4 is 76.0 Å². The van der Waals surface area contributed by atoms with Gasteiger partial charge in [-0.15, -0.1) is 23.4 Å². The highest BCUT2D eigenvalue weighted by atomic mass is 35.5. The number of aliphatic hydroxyl groups is 3. The Bertz CT molecular complexity index is 1790. The molecule has 7 N–H and O–H groups in total. The summed E-state index contributed by atoms with van der Waals surface area (Å²) in [6.07, 6.45) is -3.17. The number of likely N-dealkylation sites (N-methyl/N-ethyl adjacent to an activating group) is 1. The largest absolute Gasteiger partial charge is 0.478 e. The van der Waals surface area contributed by atoms with E-state index in [2.05, 4.69) is 17.6 Å². The van der Waals surface area contributed by atoms with Crippen LogP contribution in [-0.4, -0.2) is 131 Å². The summed E-state index contributed by atoms with van der Waals surface area (Å²) in [5.41, 5.74) is -2.92. The first kappa shape index (κ1) is 46.4. The number of ether oxygens (including phenoxy) is 1. The van der Waals surface area contributed by atoms with Crippen LogP contribution in [0.15, 0.2) is 36.4 Å². The van der Waals surface area contributed by atoms with Gasteiger partial charge in [0.15, 0.2) is 4.84 Å². The predicted molar refractivity (Wildman–Crippen MR) is 213 cm³/mol. The molecule has 10 unspecified atom stereocenters. The lowest BCUT2D eigenvalue weighted by Gasteiger charge is -2.47. The molecule has 0 saturated carbocycles. The first-order valence-electron chi connectivity index (χ1n) is 18.1. The fraction of sp³-hybridized carbons (Fsp3) is 0.568. The van der Waals surface area contributed by atoms with Gasteiger partial charge in [-0.2, -0.15) is 0 Å². The number of carboxylic acids is 2. The number of aliphatic hydroxyl groups excluding tert-OH is 3. The quantitative estimate of drug-likeness (QED) is 0.0681. The minimum Gasteiger partial charge on any atom is -0.478 e. The van der Waals surface area contributed by atoms with Crippen LogP contribution in [0, 0.1) is 16.0 Å². The van der Waals surface area contributed by atoms with Gasteiger partial charge in [-0.3, -0.25) is 24.6 Å². The second kappa shape index (κ2) is 20.1. The number of halogens is 3. The van der Waals surface area contributed by atoms with Crippen LogP contribution in [0.3, 0.4) is 0 Å². The lowest BCUT2D eigenvalue weighted by molar-refractivity contribution is -0.384. The van der Waals surface area contributed by atoms with E-state index in [1.54, 1.807) is 13.2 Å². The Kier molecular flexibility index (Phi) is 16.4. The number of nitrogens with zero attached hydrogens (tertiary/aromatic N) is 2. The van der Waals surface area contributed by atoms with Gasteiger partial charge in [-0.05, 0) is 86.4 Å². The molecule has 11 atom stereocenters. The van der Waals surface area contributed by atoms with E-state index in [0.717, 1.165) is 55.4 Å². The molecule has 20 heteroatoms. The van der Waals surface area contributed by atoms with Gasteiger partial charge < -0.3 is 40.9 Å². The van der Waals surface area contributed by atoms with E-state index in [9.17, 15) is 54.8 Å². The van der Waals surface area contributed by atoms with Crippen molar-refractivity contribution in [3.8, 4) is 0 Å². The molecule has 314 valence electrons. The number of aromatic carboxylic acids is 2. The van der Waals surface area contributed by atoms with Crippen LogP contribution in [0.2, 0.25) is 0 Å². The molecule has 57 heavy (non-hydrogen) atoms. The summed E-state index contributed by atoms with van der Waals surface area (Å²) in [5.74, 6) is -5.56. The smallest absolute Gasteiger partial charge is 0.335 e. The minimum atomic E-state index is -1.84. The van der Waals surface area contributed by atoms with E-state index in [1.807, 2.05) is 11.9 Å². The number of alkyl halides is 3. The Morgan fingerprint density at radius 2 is 1.63 bits per heavy atom. The van der Waals surface area contributed by atoms with Gasteiger partial charge in [0.2, 0.25) is 5.91 Å². The third-order valence-corrected chi connectivity index (χ3v) is 12.1. The molecule has 2 aromatic carbocycles. The van der Waals surface area contributed by atoms with Crippen molar-refractivity contribution < 1.29 is 54.4 Å². The number of carbonyl (C=O) groups is 4.